The van der Waals surface area contributed by atoms with E-state index in [1.165, 1.54) is 32.1 Å². The van der Waals surface area contributed by atoms with Crippen molar-refractivity contribution in [3.63, 3.8) is 0 Å². The lowest BCUT2D eigenvalue weighted by Crippen LogP contribution is -2.59. The standard InChI is InChI=1S/C16H28N2O/c1-2-3-5-15(19)18-10-8-17(9-11-18)14-12-16(13-14)6-4-7-16/h14H,2-13H2,1H3. The Balaban J connectivity index is 1.39. The van der Waals surface area contributed by atoms with Gasteiger partial charge in [-0.1, -0.05) is 19.8 Å². The van der Waals surface area contributed by atoms with Gasteiger partial charge in [0, 0.05) is 38.6 Å². The summed E-state index contributed by atoms with van der Waals surface area (Å²) in [5, 5.41) is 0. The number of hydrogen-bond donors (Lipinski definition) is 0. The zero-order valence-electron chi connectivity index (χ0n) is 12.4. The highest BCUT2D eigenvalue weighted by molar-refractivity contribution is 5.76. The zero-order chi connectivity index (χ0) is 13.3. The number of amides is 1. The van der Waals surface area contributed by atoms with Crippen molar-refractivity contribution in [3.8, 4) is 0 Å². The fourth-order valence-corrected chi connectivity index (χ4v) is 4.11. The monoisotopic (exact) mass is 264 g/mol. The molecule has 1 heterocycles. The molecule has 19 heavy (non-hydrogen) atoms. The molecule has 1 amide bonds. The number of hydrogen-bond acceptors (Lipinski definition) is 2. The van der Waals surface area contributed by atoms with E-state index in [0.717, 1.165) is 56.9 Å². The highest BCUT2D eigenvalue weighted by Crippen LogP contribution is 2.57. The quantitative estimate of drug-likeness (QED) is 0.779. The predicted molar refractivity (Wildman–Crippen MR) is 77.0 cm³/mol. The summed E-state index contributed by atoms with van der Waals surface area (Å²) in [5.74, 6) is 0.380. The molecule has 0 bridgehead atoms. The summed E-state index contributed by atoms with van der Waals surface area (Å²) in [6.07, 6.45) is 10.2. The van der Waals surface area contributed by atoms with Gasteiger partial charge in [-0.2, -0.15) is 0 Å². The molecule has 1 saturated heterocycles. The van der Waals surface area contributed by atoms with Crippen LogP contribution >= 0.6 is 0 Å². The first-order chi connectivity index (χ1) is 9.22. The van der Waals surface area contributed by atoms with Gasteiger partial charge < -0.3 is 4.90 Å². The predicted octanol–water partition coefficient (Wildman–Crippen LogP) is 2.65. The molecule has 0 N–H and O–H groups in total. The molecule has 3 heteroatoms. The third kappa shape index (κ3) is 2.67. The molecular formula is C16H28N2O. The number of carbonyl (C=O) groups excluding carboxylic acids is 1. The Kier molecular flexibility index (Phi) is 3.84. The van der Waals surface area contributed by atoms with Crippen LogP contribution in [0.4, 0.5) is 0 Å². The van der Waals surface area contributed by atoms with Crippen LogP contribution in [0, 0.1) is 5.41 Å². The zero-order valence-corrected chi connectivity index (χ0v) is 12.4. The molecule has 3 aliphatic rings. The minimum Gasteiger partial charge on any atom is -0.340 e. The molecule has 0 aromatic carbocycles. The molecule has 3 nitrogen and oxygen atoms in total. The molecule has 1 aliphatic heterocycles. The summed E-state index contributed by atoms with van der Waals surface area (Å²) in [5.41, 5.74) is 0.777. The fourth-order valence-electron chi connectivity index (χ4n) is 4.11. The molecule has 1 spiro atoms. The molecule has 2 saturated carbocycles. The van der Waals surface area contributed by atoms with Gasteiger partial charge in [-0.05, 0) is 37.5 Å². The molecule has 3 rings (SSSR count). The third-order valence-corrected chi connectivity index (χ3v) is 5.68. The first kappa shape index (κ1) is 13.4. The Bertz CT molecular complexity index is 322. The van der Waals surface area contributed by atoms with Gasteiger partial charge in [0.15, 0.2) is 0 Å². The van der Waals surface area contributed by atoms with Gasteiger partial charge in [0.05, 0.1) is 0 Å². The van der Waals surface area contributed by atoms with Gasteiger partial charge in [-0.15, -0.1) is 0 Å². The van der Waals surface area contributed by atoms with E-state index in [4.69, 9.17) is 0 Å². The molecule has 0 aromatic heterocycles. The molecule has 108 valence electrons. The summed E-state index contributed by atoms with van der Waals surface area (Å²) in [6.45, 7) is 6.30. The molecule has 0 unspecified atom stereocenters. The van der Waals surface area contributed by atoms with E-state index in [9.17, 15) is 4.79 Å². The van der Waals surface area contributed by atoms with E-state index in [-0.39, 0.29) is 0 Å². The van der Waals surface area contributed by atoms with E-state index >= 15 is 0 Å². The van der Waals surface area contributed by atoms with Crippen LogP contribution in [0.2, 0.25) is 0 Å². The van der Waals surface area contributed by atoms with Crippen molar-refractivity contribution in [2.45, 2.75) is 64.3 Å². The summed E-state index contributed by atoms with van der Waals surface area (Å²) in [7, 11) is 0. The minimum absolute atomic E-state index is 0.380. The van der Waals surface area contributed by atoms with E-state index in [2.05, 4.69) is 16.7 Å². The van der Waals surface area contributed by atoms with Crippen LogP contribution in [0.15, 0.2) is 0 Å². The van der Waals surface area contributed by atoms with Crippen LogP contribution in [0.3, 0.4) is 0 Å². The van der Waals surface area contributed by atoms with Gasteiger partial charge in [0.25, 0.3) is 0 Å². The normalized spacial score (nSPS) is 27.1. The van der Waals surface area contributed by atoms with Crippen molar-refractivity contribution in [2.24, 2.45) is 5.41 Å². The van der Waals surface area contributed by atoms with Crippen molar-refractivity contribution < 1.29 is 4.79 Å². The summed E-state index contributed by atoms with van der Waals surface area (Å²) in [6, 6.07) is 0.841. The smallest absolute Gasteiger partial charge is 0.222 e. The van der Waals surface area contributed by atoms with Crippen LogP contribution < -0.4 is 0 Å². The van der Waals surface area contributed by atoms with Crippen LogP contribution in [-0.2, 0) is 4.79 Å². The van der Waals surface area contributed by atoms with Crippen LogP contribution in [0.5, 0.6) is 0 Å². The van der Waals surface area contributed by atoms with Crippen molar-refractivity contribution in [1.82, 2.24) is 9.80 Å². The third-order valence-electron chi connectivity index (χ3n) is 5.68. The maximum atomic E-state index is 12.0. The average Bonchev–Trinajstić information content (AvgIpc) is 2.33. The molecule has 0 radical (unpaired) electrons. The highest BCUT2D eigenvalue weighted by atomic mass is 16.2. The van der Waals surface area contributed by atoms with Crippen LogP contribution in [0.25, 0.3) is 0 Å². The first-order valence-corrected chi connectivity index (χ1v) is 8.24. The lowest BCUT2D eigenvalue weighted by Gasteiger charge is -2.58. The highest BCUT2D eigenvalue weighted by Gasteiger charge is 2.50. The number of rotatable bonds is 4. The van der Waals surface area contributed by atoms with Crippen molar-refractivity contribution in [1.29, 1.82) is 0 Å². The second kappa shape index (κ2) is 5.43. The lowest BCUT2D eigenvalue weighted by atomic mass is 9.54. The van der Waals surface area contributed by atoms with Crippen molar-refractivity contribution in [2.75, 3.05) is 26.2 Å². The van der Waals surface area contributed by atoms with E-state index in [1.54, 1.807) is 0 Å². The Labute approximate surface area is 117 Å². The summed E-state index contributed by atoms with van der Waals surface area (Å²) >= 11 is 0. The van der Waals surface area contributed by atoms with Gasteiger partial charge >= 0.3 is 0 Å². The first-order valence-electron chi connectivity index (χ1n) is 8.24. The Morgan fingerprint density at radius 3 is 2.37 bits per heavy atom. The largest absolute Gasteiger partial charge is 0.340 e. The van der Waals surface area contributed by atoms with Crippen molar-refractivity contribution >= 4 is 5.91 Å². The van der Waals surface area contributed by atoms with E-state index in [0.29, 0.717) is 5.91 Å². The van der Waals surface area contributed by atoms with E-state index in [1.807, 2.05) is 0 Å². The average molecular weight is 264 g/mol. The summed E-state index contributed by atoms with van der Waals surface area (Å²) < 4.78 is 0. The molecule has 2 aliphatic carbocycles. The molecule has 0 atom stereocenters. The van der Waals surface area contributed by atoms with Gasteiger partial charge in [-0.25, -0.2) is 0 Å². The Morgan fingerprint density at radius 1 is 1.16 bits per heavy atom. The Hall–Kier alpha value is -0.570. The lowest BCUT2D eigenvalue weighted by molar-refractivity contribution is -0.135. The summed E-state index contributed by atoms with van der Waals surface area (Å²) in [4.78, 5) is 16.7. The SMILES string of the molecule is CCCCC(=O)N1CCN(C2CC3(CCC3)C2)CC1. The van der Waals surface area contributed by atoms with Gasteiger partial charge in [-0.3, -0.25) is 9.69 Å². The number of carbonyl (C=O) groups is 1. The molecular weight excluding hydrogens is 236 g/mol. The van der Waals surface area contributed by atoms with Gasteiger partial charge in [0.1, 0.15) is 0 Å². The van der Waals surface area contributed by atoms with Gasteiger partial charge in [0.2, 0.25) is 5.91 Å². The van der Waals surface area contributed by atoms with Crippen LogP contribution in [-0.4, -0.2) is 47.9 Å². The maximum Gasteiger partial charge on any atom is 0.222 e. The van der Waals surface area contributed by atoms with Crippen LogP contribution in [0.1, 0.15) is 58.3 Å². The van der Waals surface area contributed by atoms with E-state index < -0.39 is 0 Å². The second-order valence-electron chi connectivity index (χ2n) is 6.94. The maximum absolute atomic E-state index is 12.0. The Morgan fingerprint density at radius 2 is 1.84 bits per heavy atom. The minimum atomic E-state index is 0.380. The molecule has 3 fully saturated rings. The fraction of sp³-hybridized carbons (Fsp3) is 0.938. The number of nitrogens with zero attached hydrogens (tertiary/aromatic N) is 2. The second-order valence-corrected chi connectivity index (χ2v) is 6.94. The molecule has 0 aromatic rings. The number of piperazine rings is 1. The number of unbranched alkanes of at least 4 members (excludes halogenated alkanes) is 1. The van der Waals surface area contributed by atoms with Crippen molar-refractivity contribution in [3.05, 3.63) is 0 Å². The topological polar surface area (TPSA) is 23.6 Å².